The van der Waals surface area contributed by atoms with Crippen LogP contribution in [-0.2, 0) is 24.7 Å². The summed E-state index contributed by atoms with van der Waals surface area (Å²) in [6.45, 7) is 1.93. The zero-order valence-electron chi connectivity index (χ0n) is 18.3. The van der Waals surface area contributed by atoms with Crippen molar-refractivity contribution in [3.63, 3.8) is 0 Å². The average Bonchev–Trinajstić information content (AvgIpc) is 3.15. The lowest BCUT2D eigenvalue weighted by molar-refractivity contribution is -0.144. The Kier molecular flexibility index (Phi) is 5.26. The summed E-state index contributed by atoms with van der Waals surface area (Å²) in [6.07, 6.45) is 0. The number of carbonyl (C=O) groups is 3. The maximum Gasteiger partial charge on any atom is 0.296 e. The molecule has 8 heteroatoms. The molecule has 2 aliphatic heterocycles. The van der Waals surface area contributed by atoms with Gasteiger partial charge >= 0.3 is 0 Å². The number of nitrogens with zero attached hydrogens (tertiary/aromatic N) is 2. The second-order valence-corrected chi connectivity index (χ2v) is 7.78. The van der Waals surface area contributed by atoms with Crippen LogP contribution in [0.1, 0.15) is 16.7 Å². The summed E-state index contributed by atoms with van der Waals surface area (Å²) < 4.78 is 10.4. The van der Waals surface area contributed by atoms with Crippen LogP contribution in [0, 0.1) is 6.92 Å². The van der Waals surface area contributed by atoms with Gasteiger partial charge in [-0.1, -0.05) is 18.2 Å². The highest BCUT2D eigenvalue weighted by atomic mass is 16.5. The van der Waals surface area contributed by atoms with Gasteiger partial charge in [0, 0.05) is 37.5 Å². The third kappa shape index (κ3) is 2.76. The van der Waals surface area contributed by atoms with Crippen molar-refractivity contribution in [2.75, 3.05) is 39.3 Å². The molecule has 8 nitrogen and oxygen atoms in total. The highest BCUT2D eigenvalue weighted by Gasteiger charge is 2.66. The zero-order valence-corrected chi connectivity index (χ0v) is 18.3. The summed E-state index contributed by atoms with van der Waals surface area (Å²) in [7, 11) is 4.59. The molecular formula is C24H24N2O6. The number of methoxy groups -OCH3 is 2. The van der Waals surface area contributed by atoms with E-state index in [1.807, 2.05) is 0 Å². The standard InChI is InChI=1S/C24H24N2O6/c1-14-13-15(9-10-18(14)32-4)20(27)19-21(28)22(29)26(11-12-31-3)24(19)16-7-5-6-8-17(16)25(2)23(24)30/h5-10,13,27H,11-12H2,1-4H3/b20-19+. The van der Waals surface area contributed by atoms with E-state index in [9.17, 15) is 19.5 Å². The molecule has 0 aliphatic carbocycles. The van der Waals surface area contributed by atoms with Gasteiger partial charge < -0.3 is 24.4 Å². The molecule has 166 valence electrons. The van der Waals surface area contributed by atoms with Crippen LogP contribution in [-0.4, -0.2) is 62.0 Å². The molecule has 0 saturated carbocycles. The molecule has 1 saturated heterocycles. The van der Waals surface area contributed by atoms with E-state index in [0.29, 0.717) is 22.6 Å². The third-order valence-electron chi connectivity index (χ3n) is 6.13. The SMILES string of the molecule is COCCN1C(=O)C(=O)/C(=C(\O)c2ccc(OC)c(C)c2)C12C(=O)N(C)c1ccccc12. The topological polar surface area (TPSA) is 96.4 Å². The molecule has 0 radical (unpaired) electrons. The number of anilines is 1. The molecule has 2 aromatic rings. The van der Waals surface area contributed by atoms with Crippen LogP contribution in [0.5, 0.6) is 5.75 Å². The molecule has 1 N–H and O–H groups in total. The molecule has 32 heavy (non-hydrogen) atoms. The molecule has 1 unspecified atom stereocenters. The minimum Gasteiger partial charge on any atom is -0.507 e. The normalized spacial score (nSPS) is 21.6. The summed E-state index contributed by atoms with van der Waals surface area (Å²) in [6, 6.07) is 11.9. The number of para-hydroxylation sites is 1. The number of benzene rings is 2. The Labute approximate surface area is 185 Å². The Bertz CT molecular complexity index is 1170. The number of hydrogen-bond acceptors (Lipinski definition) is 6. The number of likely N-dealkylation sites (tertiary alicyclic amines) is 1. The van der Waals surface area contributed by atoms with Crippen LogP contribution >= 0.6 is 0 Å². The minimum atomic E-state index is -1.77. The molecule has 2 aromatic carbocycles. The van der Waals surface area contributed by atoms with E-state index < -0.39 is 28.9 Å². The van der Waals surface area contributed by atoms with E-state index in [-0.39, 0.29) is 18.7 Å². The van der Waals surface area contributed by atoms with Gasteiger partial charge in [-0.3, -0.25) is 14.4 Å². The molecule has 4 rings (SSSR count). The van der Waals surface area contributed by atoms with Gasteiger partial charge in [-0.15, -0.1) is 0 Å². The van der Waals surface area contributed by atoms with Crippen molar-refractivity contribution in [2.45, 2.75) is 12.5 Å². The lowest BCUT2D eigenvalue weighted by Crippen LogP contribution is -2.52. The van der Waals surface area contributed by atoms with E-state index in [0.717, 1.165) is 5.56 Å². The van der Waals surface area contributed by atoms with Crippen molar-refractivity contribution >= 4 is 29.0 Å². The third-order valence-corrected chi connectivity index (χ3v) is 6.13. The Morgan fingerprint density at radius 3 is 2.47 bits per heavy atom. The molecule has 2 amide bonds. The number of ether oxygens (including phenoxy) is 2. The molecule has 0 bridgehead atoms. The van der Waals surface area contributed by atoms with E-state index in [1.54, 1.807) is 56.4 Å². The molecule has 1 spiro atoms. The van der Waals surface area contributed by atoms with Crippen molar-refractivity contribution in [3.05, 3.63) is 64.7 Å². The molecule has 1 fully saturated rings. The summed E-state index contributed by atoms with van der Waals surface area (Å²) in [5.74, 6) is -2.05. The van der Waals surface area contributed by atoms with E-state index in [2.05, 4.69) is 0 Å². The van der Waals surface area contributed by atoms with Crippen molar-refractivity contribution < 1.29 is 29.0 Å². The number of amides is 2. The fraction of sp³-hybridized carbons (Fsp3) is 0.292. The fourth-order valence-corrected chi connectivity index (χ4v) is 4.62. The predicted molar refractivity (Wildman–Crippen MR) is 117 cm³/mol. The Morgan fingerprint density at radius 2 is 1.81 bits per heavy atom. The molecular weight excluding hydrogens is 412 g/mol. The molecule has 1 atom stereocenters. The van der Waals surface area contributed by atoms with Crippen LogP contribution in [0.3, 0.4) is 0 Å². The number of ketones is 1. The van der Waals surface area contributed by atoms with Gasteiger partial charge in [0.1, 0.15) is 11.5 Å². The number of likely N-dealkylation sites (N-methyl/N-ethyl adjacent to an activating group) is 1. The van der Waals surface area contributed by atoms with Gasteiger partial charge in [0.2, 0.25) is 0 Å². The molecule has 2 heterocycles. The second kappa shape index (κ2) is 7.80. The van der Waals surface area contributed by atoms with Gasteiger partial charge in [0.15, 0.2) is 5.54 Å². The maximum atomic E-state index is 13.7. The Hall–Kier alpha value is -3.65. The van der Waals surface area contributed by atoms with Crippen LogP contribution in [0.15, 0.2) is 48.0 Å². The highest BCUT2D eigenvalue weighted by molar-refractivity contribution is 6.50. The number of aliphatic hydroxyl groups excluding tert-OH is 1. The van der Waals surface area contributed by atoms with Gasteiger partial charge in [-0.2, -0.15) is 0 Å². The van der Waals surface area contributed by atoms with Crippen LogP contribution < -0.4 is 9.64 Å². The first-order valence-corrected chi connectivity index (χ1v) is 10.1. The van der Waals surface area contributed by atoms with Crippen molar-refractivity contribution in [1.82, 2.24) is 4.90 Å². The first-order valence-electron chi connectivity index (χ1n) is 10.1. The predicted octanol–water partition coefficient (Wildman–Crippen LogP) is 2.20. The van der Waals surface area contributed by atoms with E-state index >= 15 is 0 Å². The van der Waals surface area contributed by atoms with Gasteiger partial charge in [-0.25, -0.2) is 0 Å². The second-order valence-electron chi connectivity index (χ2n) is 7.78. The number of rotatable bonds is 5. The Balaban J connectivity index is 2.04. The number of aliphatic hydroxyl groups is 1. The Morgan fingerprint density at radius 1 is 1.09 bits per heavy atom. The first kappa shape index (κ1) is 21.6. The number of hydrogen-bond donors (Lipinski definition) is 1. The number of aryl methyl sites for hydroxylation is 1. The molecule has 2 aliphatic rings. The average molecular weight is 436 g/mol. The summed E-state index contributed by atoms with van der Waals surface area (Å²) >= 11 is 0. The van der Waals surface area contributed by atoms with Crippen molar-refractivity contribution in [2.24, 2.45) is 0 Å². The largest absolute Gasteiger partial charge is 0.507 e. The monoisotopic (exact) mass is 436 g/mol. The van der Waals surface area contributed by atoms with Gasteiger partial charge in [-0.05, 0) is 36.8 Å². The fourth-order valence-electron chi connectivity index (χ4n) is 4.62. The minimum absolute atomic E-state index is 0.00735. The number of Topliss-reactive ketones (excluding diaryl/α,β-unsaturated/α-hetero) is 1. The van der Waals surface area contributed by atoms with Crippen LogP contribution in [0.25, 0.3) is 5.76 Å². The van der Waals surface area contributed by atoms with Gasteiger partial charge in [0.05, 0.1) is 19.3 Å². The van der Waals surface area contributed by atoms with Crippen molar-refractivity contribution in [3.8, 4) is 5.75 Å². The van der Waals surface area contributed by atoms with Gasteiger partial charge in [0.25, 0.3) is 17.6 Å². The van der Waals surface area contributed by atoms with E-state index in [4.69, 9.17) is 9.47 Å². The van der Waals surface area contributed by atoms with Crippen LogP contribution in [0.2, 0.25) is 0 Å². The first-order chi connectivity index (χ1) is 15.3. The maximum absolute atomic E-state index is 13.7. The smallest absolute Gasteiger partial charge is 0.296 e. The summed E-state index contributed by atoms with van der Waals surface area (Å²) in [5.41, 5.74) is 0.0654. The molecule has 0 aromatic heterocycles. The quantitative estimate of drug-likeness (QED) is 0.439. The lowest BCUT2D eigenvalue weighted by Gasteiger charge is -2.34. The summed E-state index contributed by atoms with van der Waals surface area (Å²) in [4.78, 5) is 42.8. The van der Waals surface area contributed by atoms with Crippen LogP contribution in [0.4, 0.5) is 5.69 Å². The van der Waals surface area contributed by atoms with E-state index in [1.165, 1.54) is 24.0 Å². The zero-order chi connectivity index (χ0) is 23.2. The van der Waals surface area contributed by atoms with Crippen molar-refractivity contribution in [1.29, 1.82) is 0 Å². The highest BCUT2D eigenvalue weighted by Crippen LogP contribution is 2.53. The lowest BCUT2D eigenvalue weighted by atomic mass is 9.82. The number of fused-ring (bicyclic) bond motifs is 2. The summed E-state index contributed by atoms with van der Waals surface area (Å²) in [5, 5.41) is 11.3. The number of carbonyl (C=O) groups excluding carboxylic acids is 3.